The molecule has 3 rings (SSSR count). The average molecular weight is 342 g/mol. The summed E-state index contributed by atoms with van der Waals surface area (Å²) in [6.45, 7) is 1.36. The van der Waals surface area contributed by atoms with Crippen molar-refractivity contribution in [1.82, 2.24) is 5.32 Å². The Morgan fingerprint density at radius 2 is 1.83 bits per heavy atom. The van der Waals surface area contributed by atoms with E-state index in [4.69, 9.17) is 4.74 Å². The normalized spacial score (nSPS) is 19.8. The second kappa shape index (κ2) is 6.30. The summed E-state index contributed by atoms with van der Waals surface area (Å²) in [6, 6.07) is 14.8. The van der Waals surface area contributed by atoms with Crippen LogP contribution in [0.25, 0.3) is 0 Å². The van der Waals surface area contributed by atoms with Gasteiger partial charge in [-0.3, -0.25) is 14.9 Å². The van der Waals surface area contributed by atoms with Crippen LogP contribution in [0.2, 0.25) is 0 Å². The minimum atomic E-state index is -0.919. The number of fused-ring (bicyclic) bond motifs is 1. The van der Waals surface area contributed by atoms with Crippen molar-refractivity contribution < 1.29 is 14.3 Å². The van der Waals surface area contributed by atoms with Crippen LogP contribution in [-0.2, 0) is 14.5 Å². The molecular weight excluding hydrogens is 324 g/mol. The van der Waals surface area contributed by atoms with Gasteiger partial charge in [0.05, 0.1) is 5.69 Å². The molecule has 0 radical (unpaired) electrons. The number of hydrogen-bond acceptors (Lipinski definition) is 5. The molecule has 0 aromatic heterocycles. The average Bonchev–Trinajstić information content (AvgIpc) is 2.58. The van der Waals surface area contributed by atoms with Crippen molar-refractivity contribution >= 4 is 29.3 Å². The number of benzene rings is 2. The van der Waals surface area contributed by atoms with E-state index < -0.39 is 4.87 Å². The number of amides is 1. The van der Waals surface area contributed by atoms with E-state index in [1.54, 1.807) is 43.3 Å². The summed E-state index contributed by atoms with van der Waals surface area (Å²) >= 11 is 1.48. The maximum Gasteiger partial charge on any atom is 0.308 e. The maximum absolute atomic E-state index is 13.1. The van der Waals surface area contributed by atoms with Crippen molar-refractivity contribution in [2.24, 2.45) is 0 Å². The van der Waals surface area contributed by atoms with Gasteiger partial charge in [0.25, 0.3) is 5.91 Å². The zero-order chi connectivity index (χ0) is 17.3. The molecule has 1 atom stereocenters. The van der Waals surface area contributed by atoms with E-state index in [0.717, 1.165) is 16.1 Å². The lowest BCUT2D eigenvalue weighted by atomic mass is 10.0. The van der Waals surface area contributed by atoms with E-state index in [1.807, 2.05) is 24.3 Å². The molecule has 1 aliphatic rings. The van der Waals surface area contributed by atoms with Gasteiger partial charge in [0, 0.05) is 18.9 Å². The number of carbonyl (C=O) groups is 2. The largest absolute Gasteiger partial charge is 0.427 e. The van der Waals surface area contributed by atoms with Gasteiger partial charge >= 0.3 is 5.97 Å². The molecule has 0 fully saturated rings. The summed E-state index contributed by atoms with van der Waals surface area (Å²) in [4.78, 5) is 25.9. The zero-order valence-electron chi connectivity index (χ0n) is 13.7. The predicted octanol–water partition coefficient (Wildman–Crippen LogP) is 2.75. The fraction of sp³-hybridized carbons (Fsp3) is 0.222. The Bertz CT molecular complexity index is 791. The summed E-state index contributed by atoms with van der Waals surface area (Å²) in [5, 5.41) is 3.18. The van der Waals surface area contributed by atoms with Gasteiger partial charge in [0.2, 0.25) is 0 Å². The lowest BCUT2D eigenvalue weighted by Crippen LogP contribution is -2.53. The molecule has 1 N–H and O–H groups in total. The second-order valence-electron chi connectivity index (χ2n) is 5.48. The molecule has 2 aromatic carbocycles. The molecule has 24 heavy (non-hydrogen) atoms. The standard InChI is InChI=1S/C18H18N2O3S/c1-12(21)23-14-10-8-13(9-11-14)18(19-2)17(22)20(3)15-6-4-5-7-16(15)24-18/h4-11,19H,1-3H3. The highest BCUT2D eigenvalue weighted by molar-refractivity contribution is 8.01. The molecule has 0 saturated carbocycles. The Balaban J connectivity index is 2.03. The number of thioether (sulfide) groups is 1. The van der Waals surface area contributed by atoms with Gasteiger partial charge in [0.1, 0.15) is 5.75 Å². The molecule has 1 aliphatic heterocycles. The third-order valence-corrected chi connectivity index (χ3v) is 5.46. The van der Waals surface area contributed by atoms with Gasteiger partial charge < -0.3 is 9.64 Å². The predicted molar refractivity (Wildman–Crippen MR) is 94.2 cm³/mol. The van der Waals surface area contributed by atoms with Gasteiger partial charge in [-0.1, -0.05) is 36.0 Å². The first-order valence-electron chi connectivity index (χ1n) is 7.52. The van der Waals surface area contributed by atoms with Gasteiger partial charge in [-0.15, -0.1) is 0 Å². The number of para-hydroxylation sites is 1. The van der Waals surface area contributed by atoms with Crippen molar-refractivity contribution in [2.45, 2.75) is 16.7 Å². The lowest BCUT2D eigenvalue weighted by Gasteiger charge is -2.40. The quantitative estimate of drug-likeness (QED) is 0.687. The summed E-state index contributed by atoms with van der Waals surface area (Å²) in [7, 11) is 3.55. The third-order valence-electron chi connectivity index (χ3n) is 3.97. The summed E-state index contributed by atoms with van der Waals surface area (Å²) in [6.07, 6.45) is 0. The lowest BCUT2D eigenvalue weighted by molar-refractivity contribution is -0.131. The molecule has 0 bridgehead atoms. The number of anilines is 1. The van der Waals surface area contributed by atoms with E-state index >= 15 is 0 Å². The second-order valence-corrected chi connectivity index (χ2v) is 6.74. The van der Waals surface area contributed by atoms with Crippen molar-refractivity contribution in [3.05, 3.63) is 54.1 Å². The van der Waals surface area contributed by atoms with Crippen molar-refractivity contribution in [1.29, 1.82) is 0 Å². The van der Waals surface area contributed by atoms with Crippen LogP contribution in [0.15, 0.2) is 53.4 Å². The summed E-state index contributed by atoms with van der Waals surface area (Å²) in [5.74, 6) is 0.0383. The molecule has 0 aliphatic carbocycles. The van der Waals surface area contributed by atoms with Crippen LogP contribution in [0.4, 0.5) is 5.69 Å². The number of nitrogens with one attached hydrogen (secondary N) is 1. The monoisotopic (exact) mass is 342 g/mol. The first-order chi connectivity index (χ1) is 11.5. The number of hydrogen-bond donors (Lipinski definition) is 1. The number of ether oxygens (including phenoxy) is 1. The van der Waals surface area contributed by atoms with E-state index in [1.165, 1.54) is 18.7 Å². The Morgan fingerprint density at radius 1 is 1.17 bits per heavy atom. The highest BCUT2D eigenvalue weighted by atomic mass is 32.2. The van der Waals surface area contributed by atoms with Crippen LogP contribution in [-0.4, -0.2) is 26.0 Å². The topological polar surface area (TPSA) is 58.6 Å². The first-order valence-corrected chi connectivity index (χ1v) is 8.33. The Morgan fingerprint density at radius 3 is 2.46 bits per heavy atom. The number of rotatable bonds is 3. The van der Waals surface area contributed by atoms with Gasteiger partial charge in [-0.05, 0) is 36.9 Å². The fourth-order valence-corrected chi connectivity index (χ4v) is 4.15. The molecular formula is C18H18N2O3S. The van der Waals surface area contributed by atoms with Gasteiger partial charge in [-0.2, -0.15) is 0 Å². The Labute approximate surface area is 145 Å². The van der Waals surface area contributed by atoms with Crippen molar-refractivity contribution in [3.8, 4) is 5.75 Å². The minimum absolute atomic E-state index is 0.0473. The third kappa shape index (κ3) is 2.68. The minimum Gasteiger partial charge on any atom is -0.427 e. The Kier molecular flexibility index (Phi) is 4.34. The molecule has 1 amide bonds. The van der Waals surface area contributed by atoms with Crippen LogP contribution in [0.3, 0.4) is 0 Å². The van der Waals surface area contributed by atoms with Crippen LogP contribution in [0, 0.1) is 0 Å². The molecule has 2 aromatic rings. The molecule has 1 unspecified atom stereocenters. The van der Waals surface area contributed by atoms with Gasteiger partial charge in [-0.25, -0.2) is 0 Å². The number of esters is 1. The van der Waals surface area contributed by atoms with Crippen LogP contribution in [0.1, 0.15) is 12.5 Å². The number of likely N-dealkylation sites (N-methyl/N-ethyl adjacent to an activating group) is 2. The van der Waals surface area contributed by atoms with E-state index in [0.29, 0.717) is 5.75 Å². The summed E-state index contributed by atoms with van der Waals surface area (Å²) in [5.41, 5.74) is 1.70. The molecule has 1 heterocycles. The van der Waals surface area contributed by atoms with E-state index in [-0.39, 0.29) is 11.9 Å². The first kappa shape index (κ1) is 16.5. The smallest absolute Gasteiger partial charge is 0.308 e. The zero-order valence-corrected chi connectivity index (χ0v) is 14.5. The number of nitrogens with zero attached hydrogens (tertiary/aromatic N) is 1. The Hall–Kier alpha value is -2.31. The van der Waals surface area contributed by atoms with E-state index in [2.05, 4.69) is 5.32 Å². The summed E-state index contributed by atoms with van der Waals surface area (Å²) < 4.78 is 5.07. The number of carbonyl (C=O) groups excluding carboxylic acids is 2. The maximum atomic E-state index is 13.1. The molecule has 6 heteroatoms. The van der Waals surface area contributed by atoms with Crippen LogP contribution in [0.5, 0.6) is 5.75 Å². The van der Waals surface area contributed by atoms with Gasteiger partial charge in [0.15, 0.2) is 4.87 Å². The molecule has 124 valence electrons. The fourth-order valence-electron chi connectivity index (χ4n) is 2.78. The van der Waals surface area contributed by atoms with Crippen LogP contribution >= 0.6 is 11.8 Å². The SMILES string of the molecule is CNC1(c2ccc(OC(C)=O)cc2)Sc2ccccc2N(C)C1=O. The van der Waals surface area contributed by atoms with Crippen molar-refractivity contribution in [2.75, 3.05) is 19.0 Å². The van der Waals surface area contributed by atoms with Crippen LogP contribution < -0.4 is 15.0 Å². The van der Waals surface area contributed by atoms with Crippen molar-refractivity contribution in [3.63, 3.8) is 0 Å². The molecule has 0 saturated heterocycles. The highest BCUT2D eigenvalue weighted by Crippen LogP contribution is 2.48. The molecule has 0 spiro atoms. The highest BCUT2D eigenvalue weighted by Gasteiger charge is 2.46. The van der Waals surface area contributed by atoms with E-state index in [9.17, 15) is 9.59 Å². The molecule has 5 nitrogen and oxygen atoms in total.